The van der Waals surface area contributed by atoms with Crippen LogP contribution in [0.1, 0.15) is 20.8 Å². The third-order valence-electron chi connectivity index (χ3n) is 4.09. The van der Waals surface area contributed by atoms with Gasteiger partial charge in [-0.25, -0.2) is 0 Å². The Morgan fingerprint density at radius 1 is 1.07 bits per heavy atom. The first-order chi connectivity index (χ1) is 13.5. The van der Waals surface area contributed by atoms with Crippen molar-refractivity contribution in [2.24, 2.45) is 5.73 Å². The Labute approximate surface area is 172 Å². The van der Waals surface area contributed by atoms with Gasteiger partial charge in [0.25, 0.3) is 0 Å². The summed E-state index contributed by atoms with van der Waals surface area (Å²) in [6.07, 6.45) is 3.92. The molecule has 4 nitrogen and oxygen atoms in total. The van der Waals surface area contributed by atoms with E-state index in [0.717, 1.165) is 20.9 Å². The van der Waals surface area contributed by atoms with Crippen molar-refractivity contribution in [2.75, 3.05) is 6.54 Å². The first kappa shape index (κ1) is 19.9. The highest BCUT2D eigenvalue weighted by Gasteiger charge is 2.06. The van der Waals surface area contributed by atoms with Gasteiger partial charge in [0.05, 0.1) is 0 Å². The molecular weight excluding hydrogens is 392 g/mol. The lowest BCUT2D eigenvalue weighted by Gasteiger charge is -2.04. The maximum atomic E-state index is 12.0. The molecule has 6 heteroatoms. The molecule has 0 spiro atoms. The molecule has 0 aliphatic heterocycles. The van der Waals surface area contributed by atoms with E-state index in [1.165, 1.54) is 6.08 Å². The van der Waals surface area contributed by atoms with Crippen LogP contribution >= 0.6 is 22.9 Å². The van der Waals surface area contributed by atoms with Gasteiger partial charge >= 0.3 is 0 Å². The Bertz CT molecular complexity index is 1030. The molecule has 0 saturated carbocycles. The number of hydrogen-bond acceptors (Lipinski definition) is 3. The maximum absolute atomic E-state index is 12.0. The quantitative estimate of drug-likeness (QED) is 0.561. The minimum absolute atomic E-state index is 0.168. The highest BCUT2D eigenvalue weighted by atomic mass is 35.5. The van der Waals surface area contributed by atoms with Crippen LogP contribution in [-0.2, 0) is 11.2 Å². The van der Waals surface area contributed by atoms with Crippen LogP contribution in [0.3, 0.4) is 0 Å². The van der Waals surface area contributed by atoms with Gasteiger partial charge in [-0.3, -0.25) is 9.59 Å². The van der Waals surface area contributed by atoms with Crippen molar-refractivity contribution in [2.45, 2.75) is 6.42 Å². The van der Waals surface area contributed by atoms with Crippen molar-refractivity contribution in [3.8, 4) is 10.4 Å². The van der Waals surface area contributed by atoms with E-state index in [0.29, 0.717) is 23.6 Å². The van der Waals surface area contributed by atoms with Gasteiger partial charge in [0.2, 0.25) is 11.8 Å². The van der Waals surface area contributed by atoms with E-state index < -0.39 is 5.91 Å². The zero-order chi connectivity index (χ0) is 19.9. The normalized spacial score (nSPS) is 10.9. The van der Waals surface area contributed by atoms with Crippen LogP contribution in [0.5, 0.6) is 0 Å². The fourth-order valence-electron chi connectivity index (χ4n) is 2.68. The van der Waals surface area contributed by atoms with Crippen molar-refractivity contribution in [3.63, 3.8) is 0 Å². The molecule has 0 aliphatic carbocycles. The minimum atomic E-state index is -0.457. The van der Waals surface area contributed by atoms with E-state index in [1.54, 1.807) is 35.6 Å². The second-order valence-electron chi connectivity index (χ2n) is 6.12. The number of benzene rings is 2. The predicted octanol–water partition coefficient (Wildman–Crippen LogP) is 4.54. The molecule has 1 aromatic heterocycles. The molecule has 3 N–H and O–H groups in total. The molecule has 142 valence electrons. The van der Waals surface area contributed by atoms with Crippen molar-refractivity contribution < 1.29 is 9.59 Å². The fraction of sp³-hybridized carbons (Fsp3) is 0.0909. The minimum Gasteiger partial charge on any atom is -0.366 e. The lowest BCUT2D eigenvalue weighted by atomic mass is 10.1. The lowest BCUT2D eigenvalue weighted by Crippen LogP contribution is -2.23. The van der Waals surface area contributed by atoms with E-state index in [1.807, 2.05) is 42.5 Å². The van der Waals surface area contributed by atoms with Crippen LogP contribution in [0.15, 0.2) is 66.7 Å². The summed E-state index contributed by atoms with van der Waals surface area (Å²) in [5.74, 6) is -0.625. The second-order valence-corrected chi connectivity index (χ2v) is 7.64. The molecule has 1 heterocycles. The smallest absolute Gasteiger partial charge is 0.248 e. The van der Waals surface area contributed by atoms with E-state index in [-0.39, 0.29) is 5.91 Å². The number of carbonyl (C=O) groups excluding carboxylic acids is 2. The molecule has 28 heavy (non-hydrogen) atoms. The molecular formula is C22H19ClN2O2S. The standard InChI is InChI=1S/C22H19ClN2O2S/c23-19-7-2-1-6-18(19)20-10-8-17(28-20)9-11-21(26)25-13-12-15-4-3-5-16(14-15)22(24)27/h1-11,14H,12-13H2,(H2,24,27)(H,25,26)/b11-9+. The van der Waals surface area contributed by atoms with Crippen LogP contribution in [-0.4, -0.2) is 18.4 Å². The number of hydrogen-bond donors (Lipinski definition) is 2. The number of nitrogens with two attached hydrogens (primary N) is 1. The Balaban J connectivity index is 1.53. The molecule has 0 unspecified atom stereocenters. The number of halogens is 1. The SMILES string of the molecule is NC(=O)c1cccc(CCNC(=O)/C=C/c2ccc(-c3ccccc3Cl)s2)c1. The van der Waals surface area contributed by atoms with Crippen LogP contribution in [0.2, 0.25) is 5.02 Å². The van der Waals surface area contributed by atoms with Gasteiger partial charge in [-0.05, 0) is 48.4 Å². The molecule has 0 radical (unpaired) electrons. The summed E-state index contributed by atoms with van der Waals surface area (Å²) >= 11 is 7.80. The van der Waals surface area contributed by atoms with Gasteiger partial charge in [-0.15, -0.1) is 11.3 Å². The molecule has 0 bridgehead atoms. The molecule has 0 atom stereocenters. The summed E-state index contributed by atoms with van der Waals surface area (Å²) in [6, 6.07) is 18.7. The number of primary amides is 1. The Kier molecular flexibility index (Phi) is 6.63. The van der Waals surface area contributed by atoms with Crippen molar-refractivity contribution in [3.05, 3.63) is 87.8 Å². The third-order valence-corrected chi connectivity index (χ3v) is 5.50. The van der Waals surface area contributed by atoms with E-state index >= 15 is 0 Å². The van der Waals surface area contributed by atoms with Gasteiger partial charge in [0.15, 0.2) is 0 Å². The summed E-state index contributed by atoms with van der Waals surface area (Å²) < 4.78 is 0. The third kappa shape index (κ3) is 5.31. The molecule has 0 fully saturated rings. The largest absolute Gasteiger partial charge is 0.366 e. The summed E-state index contributed by atoms with van der Waals surface area (Å²) in [6.45, 7) is 0.473. The van der Waals surface area contributed by atoms with Crippen molar-refractivity contribution >= 4 is 40.8 Å². The van der Waals surface area contributed by atoms with Gasteiger partial charge in [-0.1, -0.05) is 41.9 Å². The zero-order valence-corrected chi connectivity index (χ0v) is 16.6. The maximum Gasteiger partial charge on any atom is 0.248 e. The topological polar surface area (TPSA) is 72.2 Å². The lowest BCUT2D eigenvalue weighted by molar-refractivity contribution is -0.116. The number of thiophene rings is 1. The number of rotatable bonds is 7. The first-order valence-corrected chi connectivity index (χ1v) is 9.92. The number of nitrogens with one attached hydrogen (secondary N) is 1. The zero-order valence-electron chi connectivity index (χ0n) is 15.0. The molecule has 2 aromatic carbocycles. The first-order valence-electron chi connectivity index (χ1n) is 8.72. The van der Waals surface area contributed by atoms with Gasteiger partial charge < -0.3 is 11.1 Å². The summed E-state index contributed by atoms with van der Waals surface area (Å²) in [5, 5.41) is 3.55. The molecule has 3 aromatic rings. The van der Waals surface area contributed by atoms with Crippen LogP contribution in [0.4, 0.5) is 0 Å². The van der Waals surface area contributed by atoms with Gasteiger partial charge in [0, 0.05) is 38.5 Å². The van der Waals surface area contributed by atoms with Gasteiger partial charge in [-0.2, -0.15) is 0 Å². The Morgan fingerprint density at radius 2 is 1.89 bits per heavy atom. The fourth-order valence-corrected chi connectivity index (χ4v) is 3.92. The predicted molar refractivity (Wildman–Crippen MR) is 115 cm³/mol. The molecule has 0 saturated heterocycles. The van der Waals surface area contributed by atoms with Crippen LogP contribution in [0.25, 0.3) is 16.5 Å². The Morgan fingerprint density at radius 3 is 2.68 bits per heavy atom. The van der Waals surface area contributed by atoms with Crippen molar-refractivity contribution in [1.29, 1.82) is 0 Å². The van der Waals surface area contributed by atoms with Crippen LogP contribution in [0, 0.1) is 0 Å². The molecule has 0 aliphatic rings. The summed E-state index contributed by atoms with van der Waals surface area (Å²) in [5.41, 5.74) is 7.68. The van der Waals surface area contributed by atoms with E-state index in [9.17, 15) is 9.59 Å². The number of amides is 2. The number of carbonyl (C=O) groups is 2. The highest BCUT2D eigenvalue weighted by Crippen LogP contribution is 2.33. The van der Waals surface area contributed by atoms with Crippen molar-refractivity contribution in [1.82, 2.24) is 5.32 Å². The molecule has 3 rings (SSSR count). The molecule has 2 amide bonds. The second kappa shape index (κ2) is 9.35. The van der Waals surface area contributed by atoms with E-state index in [4.69, 9.17) is 17.3 Å². The summed E-state index contributed by atoms with van der Waals surface area (Å²) in [4.78, 5) is 25.3. The summed E-state index contributed by atoms with van der Waals surface area (Å²) in [7, 11) is 0. The highest BCUT2D eigenvalue weighted by molar-refractivity contribution is 7.16. The average Bonchev–Trinajstić information content (AvgIpc) is 3.16. The van der Waals surface area contributed by atoms with E-state index in [2.05, 4.69) is 5.32 Å². The van der Waals surface area contributed by atoms with Crippen LogP contribution < -0.4 is 11.1 Å². The average molecular weight is 411 g/mol. The van der Waals surface area contributed by atoms with Gasteiger partial charge in [0.1, 0.15) is 0 Å². The Hall–Kier alpha value is -2.89. The monoisotopic (exact) mass is 410 g/mol.